The van der Waals surface area contributed by atoms with Crippen LogP contribution in [0.1, 0.15) is 113 Å². The fourth-order valence-corrected chi connectivity index (χ4v) is 8.39. The molecule has 0 spiro atoms. The highest BCUT2D eigenvalue weighted by molar-refractivity contribution is 6.32. The summed E-state index contributed by atoms with van der Waals surface area (Å²) in [5.74, 6) is 2.06. The normalized spacial score (nSPS) is 23.2. The van der Waals surface area contributed by atoms with Gasteiger partial charge in [0.05, 0.1) is 37.0 Å². The van der Waals surface area contributed by atoms with E-state index in [1.54, 1.807) is 30.3 Å². The topological polar surface area (TPSA) is 264 Å². The van der Waals surface area contributed by atoms with E-state index in [0.29, 0.717) is 11.8 Å². The number of aldehydes is 1. The highest BCUT2D eigenvalue weighted by Crippen LogP contribution is 2.48. The summed E-state index contributed by atoms with van der Waals surface area (Å²) >= 11 is 0. The van der Waals surface area contributed by atoms with Gasteiger partial charge >= 0.3 is 5.97 Å². The molecule has 4 aromatic carbocycles. The van der Waals surface area contributed by atoms with Crippen LogP contribution in [-0.4, -0.2) is 102 Å². The first-order valence-corrected chi connectivity index (χ1v) is 20.4. The fourth-order valence-electron chi connectivity index (χ4n) is 8.39. The largest absolute Gasteiger partial charge is 0.507 e. The van der Waals surface area contributed by atoms with Crippen molar-refractivity contribution >= 4 is 36.0 Å². The summed E-state index contributed by atoms with van der Waals surface area (Å²) in [6.45, 7) is 1.24. The molecule has 4 bridgehead atoms. The van der Waals surface area contributed by atoms with E-state index in [1.165, 1.54) is 25.1 Å². The number of phenolic OH excluding ortho intramolecular Hbond substituents is 1. The smallest absolute Gasteiger partial charge is 0.308 e. The number of ketones is 2. The Balaban J connectivity index is 1.57. The molecule has 1 fully saturated rings. The molecule has 15 heteroatoms. The Morgan fingerprint density at radius 2 is 1.60 bits per heavy atom. The second-order valence-corrected chi connectivity index (χ2v) is 15.9. The Morgan fingerprint density at radius 3 is 2.32 bits per heavy atom. The summed E-state index contributed by atoms with van der Waals surface area (Å²) in [6.07, 6.45) is -5.18. The van der Waals surface area contributed by atoms with Crippen molar-refractivity contribution in [2.45, 2.75) is 102 Å². The lowest BCUT2D eigenvalue weighted by Gasteiger charge is -2.39. The average Bonchev–Trinajstić information content (AvgIpc) is 3.26. The first-order valence-electron chi connectivity index (χ1n) is 20.4. The van der Waals surface area contributed by atoms with Gasteiger partial charge < -0.3 is 55.7 Å². The average molecular weight is 862 g/mol. The van der Waals surface area contributed by atoms with E-state index < -0.39 is 96.9 Å². The van der Waals surface area contributed by atoms with Crippen molar-refractivity contribution in [2.24, 2.45) is 5.73 Å². The molecule has 1 aliphatic heterocycles. The number of rotatable bonds is 8. The molecule has 3 aliphatic rings. The minimum absolute atomic E-state index is 0.0218. The molecule has 0 radical (unpaired) electrons. The van der Waals surface area contributed by atoms with Crippen LogP contribution in [0.25, 0.3) is 12.2 Å². The van der Waals surface area contributed by atoms with Gasteiger partial charge in [-0.3, -0.25) is 19.2 Å². The number of aromatic hydroxyl groups is 1. The zero-order valence-electron chi connectivity index (χ0n) is 34.4. The molecule has 1 heterocycles. The van der Waals surface area contributed by atoms with Gasteiger partial charge in [0.15, 0.2) is 17.9 Å². The number of carbonyl (C=O) groups excluding carboxylic acids is 4. The van der Waals surface area contributed by atoms with Crippen molar-refractivity contribution in [3.63, 3.8) is 0 Å². The van der Waals surface area contributed by atoms with Gasteiger partial charge in [-0.2, -0.15) is 0 Å². The van der Waals surface area contributed by atoms with Crippen LogP contribution < -0.4 is 15.2 Å². The molecular formula is C48H47NO14. The second kappa shape index (κ2) is 18.7. The van der Waals surface area contributed by atoms with Crippen molar-refractivity contribution < 1.29 is 69.1 Å². The maximum absolute atomic E-state index is 15.5. The Morgan fingerprint density at radius 1 is 0.889 bits per heavy atom. The first-order chi connectivity index (χ1) is 30.2. The molecule has 1 saturated heterocycles. The summed E-state index contributed by atoms with van der Waals surface area (Å²) in [6, 6.07) is 12.3. The van der Waals surface area contributed by atoms with Gasteiger partial charge in [0.25, 0.3) is 0 Å². The van der Waals surface area contributed by atoms with Crippen LogP contribution in [0.4, 0.5) is 0 Å². The van der Waals surface area contributed by atoms with Crippen LogP contribution in [0.3, 0.4) is 0 Å². The minimum atomic E-state index is -1.89. The molecule has 7 rings (SSSR count). The zero-order valence-corrected chi connectivity index (χ0v) is 34.4. The number of aliphatic hydroxyl groups excluding tert-OH is 6. The van der Waals surface area contributed by atoms with Gasteiger partial charge in [0, 0.05) is 58.7 Å². The molecular weight excluding hydrogens is 815 g/mol. The van der Waals surface area contributed by atoms with E-state index in [2.05, 4.69) is 11.8 Å². The number of nitrogens with two attached hydrogens (primary N) is 1. The van der Waals surface area contributed by atoms with Crippen molar-refractivity contribution in [3.05, 3.63) is 121 Å². The van der Waals surface area contributed by atoms with Crippen molar-refractivity contribution in [2.75, 3.05) is 0 Å². The standard InChI is InChI=1S/C48H47NO14/c1-23-41(55)45(59)46(60)48(61-23)63-47-33-11-5-10-30(49)13-14-31(54)17-26-7-3-6-25(16-26)12-15-32-36(62-24(2)53)19-29(21-51)37-38(32)44(58)39(33)40(43(37)57)42(56)34(47)18-27-8-4-9-28(20-50)35(27)22-52/h3-4,6-9,12,15-16,19,22-23,30-31,41,45-46,48,50-51,54-56,59-60H,11,13-14,17-18,20-21,49H2,1-2H3. The summed E-state index contributed by atoms with van der Waals surface area (Å²) in [5, 5.41) is 76.7. The molecule has 7 atom stereocenters. The van der Waals surface area contributed by atoms with Gasteiger partial charge in [0.1, 0.15) is 35.6 Å². The Hall–Kier alpha value is -6.06. The summed E-state index contributed by atoms with van der Waals surface area (Å²) in [7, 11) is 0. The minimum Gasteiger partial charge on any atom is -0.507 e. The highest BCUT2D eigenvalue weighted by Gasteiger charge is 2.46. The number of benzene rings is 4. The van der Waals surface area contributed by atoms with Gasteiger partial charge in [0.2, 0.25) is 6.29 Å². The second-order valence-electron chi connectivity index (χ2n) is 15.9. The van der Waals surface area contributed by atoms with Crippen LogP contribution in [0, 0.1) is 11.8 Å². The lowest BCUT2D eigenvalue weighted by atomic mass is 9.75. The van der Waals surface area contributed by atoms with Crippen LogP contribution in [-0.2, 0) is 42.0 Å². The van der Waals surface area contributed by atoms with E-state index in [9.17, 15) is 45.3 Å². The SMILES string of the molecule is CC(=O)Oc1cc(CO)c2c3c1C=Cc1cccc(c1)CC(O)CCC(N)C#CCc1c(OC4OC(C)C(O)C(O)C4O)c(Cc4cccc(CO)c4C=O)c(O)c(c1C3=O)C2=O. The number of aliphatic hydroxyl groups is 6. The summed E-state index contributed by atoms with van der Waals surface area (Å²) in [4.78, 5) is 55.6. The molecule has 0 amide bonds. The number of carbonyl (C=O) groups is 4. The number of ether oxygens (including phenoxy) is 3. The van der Waals surface area contributed by atoms with Gasteiger partial charge in [-0.15, -0.1) is 0 Å². The van der Waals surface area contributed by atoms with E-state index in [-0.39, 0.29) is 87.3 Å². The number of phenols is 1. The molecule has 15 nitrogen and oxygen atoms in total. The van der Waals surface area contributed by atoms with Crippen LogP contribution in [0.2, 0.25) is 0 Å². The van der Waals surface area contributed by atoms with Gasteiger partial charge in [-0.25, -0.2) is 0 Å². The number of fused-ring (bicyclic) bond motifs is 2. The monoisotopic (exact) mass is 861 g/mol. The molecule has 7 unspecified atom stereocenters. The molecule has 328 valence electrons. The molecule has 0 saturated carbocycles. The fraction of sp³-hybridized carbons (Fsp3) is 0.333. The lowest BCUT2D eigenvalue weighted by Crippen LogP contribution is -2.58. The maximum Gasteiger partial charge on any atom is 0.308 e. The predicted octanol–water partition coefficient (Wildman–Crippen LogP) is 2.43. The van der Waals surface area contributed by atoms with E-state index in [4.69, 9.17) is 19.9 Å². The third kappa shape index (κ3) is 8.81. The van der Waals surface area contributed by atoms with Crippen LogP contribution >= 0.6 is 0 Å². The molecule has 2 aliphatic carbocycles. The quantitative estimate of drug-likeness (QED) is 0.0482. The lowest BCUT2D eigenvalue weighted by molar-refractivity contribution is -0.268. The Labute approximate surface area is 362 Å². The molecule has 9 N–H and O–H groups in total. The van der Waals surface area contributed by atoms with Crippen LogP contribution in [0.5, 0.6) is 17.2 Å². The number of esters is 1. The van der Waals surface area contributed by atoms with Gasteiger partial charge in [-0.1, -0.05) is 60.4 Å². The number of hydrogen-bond donors (Lipinski definition) is 8. The van der Waals surface area contributed by atoms with Crippen molar-refractivity contribution in [1.29, 1.82) is 0 Å². The Kier molecular flexibility index (Phi) is 13.4. The van der Waals surface area contributed by atoms with E-state index >= 15 is 9.59 Å². The third-order valence-electron chi connectivity index (χ3n) is 11.6. The zero-order chi connectivity index (χ0) is 45.3. The molecule has 0 aromatic heterocycles. The predicted molar refractivity (Wildman–Crippen MR) is 226 cm³/mol. The molecule has 63 heavy (non-hydrogen) atoms. The number of hydrogen-bond acceptors (Lipinski definition) is 15. The van der Waals surface area contributed by atoms with Gasteiger partial charge in [-0.05, 0) is 66.1 Å². The molecule has 4 aromatic rings. The van der Waals surface area contributed by atoms with Crippen molar-refractivity contribution in [3.8, 4) is 29.1 Å². The summed E-state index contributed by atoms with van der Waals surface area (Å²) in [5.41, 5.74) is 6.48. The van der Waals surface area contributed by atoms with Crippen LogP contribution in [0.15, 0.2) is 48.5 Å². The Bertz CT molecular complexity index is 2590. The van der Waals surface area contributed by atoms with E-state index in [1.807, 2.05) is 12.1 Å². The van der Waals surface area contributed by atoms with E-state index in [0.717, 1.165) is 12.5 Å². The third-order valence-corrected chi connectivity index (χ3v) is 11.6. The van der Waals surface area contributed by atoms with Crippen molar-refractivity contribution in [1.82, 2.24) is 0 Å². The highest BCUT2D eigenvalue weighted by atomic mass is 16.7. The maximum atomic E-state index is 15.5. The summed E-state index contributed by atoms with van der Waals surface area (Å²) < 4.78 is 17.8. The first kappa shape index (κ1) is 45.0.